The molecule has 1 atom stereocenters. The molecule has 0 aromatic heterocycles. The van der Waals surface area contributed by atoms with E-state index in [4.69, 9.17) is 5.11 Å². The van der Waals surface area contributed by atoms with E-state index in [0.717, 1.165) is 0 Å². The first kappa shape index (κ1) is 8.94. The second-order valence-corrected chi connectivity index (χ2v) is 2.06. The Balaban J connectivity index is 3.46. The van der Waals surface area contributed by atoms with Crippen molar-refractivity contribution in [2.75, 3.05) is 19.3 Å². The van der Waals surface area contributed by atoms with E-state index in [0.29, 0.717) is 0 Å². The average molecular weight is 149 g/mol. The van der Waals surface area contributed by atoms with Crippen molar-refractivity contribution in [1.82, 2.24) is 5.32 Å². The van der Waals surface area contributed by atoms with Gasteiger partial charge in [-0.15, -0.1) is 0 Å². The minimum absolute atomic E-state index is 0.195. The fourth-order valence-corrected chi connectivity index (χ4v) is 0.597. The molecule has 0 heterocycles. The van der Waals surface area contributed by atoms with Gasteiger partial charge in [-0.05, 0) is 7.05 Å². The summed E-state index contributed by atoms with van der Waals surface area (Å²) in [5.41, 5.74) is 0. The number of aliphatic hydroxyl groups is 1. The molecule has 9 heavy (non-hydrogen) atoms. The van der Waals surface area contributed by atoms with Crippen LogP contribution in [0, 0.1) is 0 Å². The Hall–Kier alpha value is -0.0600. The van der Waals surface area contributed by atoms with E-state index in [2.05, 4.69) is 17.9 Å². The molecule has 0 aliphatic heterocycles. The minimum Gasteiger partial charge on any atom is -0.384 e. The van der Waals surface area contributed by atoms with Crippen LogP contribution in [-0.4, -0.2) is 36.3 Å². The number of carbonyl (C=O) groups is 1. The maximum Gasteiger partial charge on any atom is 0.175 e. The second-order valence-electron chi connectivity index (χ2n) is 1.70. The molecule has 0 saturated heterocycles. The first-order valence-electron chi connectivity index (χ1n) is 2.68. The van der Waals surface area contributed by atoms with Crippen LogP contribution in [0.5, 0.6) is 0 Å². The molecule has 3 nitrogen and oxygen atoms in total. The summed E-state index contributed by atoms with van der Waals surface area (Å²) in [4.78, 5) is 10.6. The van der Waals surface area contributed by atoms with E-state index in [1.807, 2.05) is 0 Å². The van der Waals surface area contributed by atoms with Crippen LogP contribution in [0.25, 0.3) is 0 Å². The lowest BCUT2D eigenvalue weighted by atomic mass is 10.2. The molecule has 0 aliphatic carbocycles. The van der Waals surface area contributed by atoms with Crippen molar-refractivity contribution in [2.45, 2.75) is 6.10 Å². The van der Waals surface area contributed by atoms with Gasteiger partial charge in [-0.1, -0.05) is 0 Å². The van der Waals surface area contributed by atoms with Gasteiger partial charge < -0.3 is 10.4 Å². The van der Waals surface area contributed by atoms with Gasteiger partial charge in [0.25, 0.3) is 0 Å². The number of ketones is 1. The molecule has 0 saturated carbocycles. The normalized spacial score (nSPS) is 13.2. The molecule has 0 bridgehead atoms. The molecule has 0 radical (unpaired) electrons. The van der Waals surface area contributed by atoms with Crippen molar-refractivity contribution in [3.63, 3.8) is 0 Å². The smallest absolute Gasteiger partial charge is 0.175 e. The summed E-state index contributed by atoms with van der Waals surface area (Å²) in [5.74, 6) is -0.0203. The Labute approximate surface area is 59.9 Å². The molecule has 0 aromatic carbocycles. The predicted octanol–water partition coefficient (Wildman–Crippen LogP) is -0.934. The van der Waals surface area contributed by atoms with Gasteiger partial charge in [0.05, 0.1) is 6.54 Å². The molecular formula is C5H11NO2S. The highest BCUT2D eigenvalue weighted by Gasteiger charge is 2.10. The molecule has 0 aliphatic rings. The van der Waals surface area contributed by atoms with Gasteiger partial charge in [-0.25, -0.2) is 0 Å². The fourth-order valence-electron chi connectivity index (χ4n) is 0.394. The predicted molar refractivity (Wildman–Crippen MR) is 38.8 cm³/mol. The molecule has 0 rings (SSSR count). The monoisotopic (exact) mass is 149 g/mol. The van der Waals surface area contributed by atoms with E-state index < -0.39 is 6.10 Å². The van der Waals surface area contributed by atoms with Crippen molar-refractivity contribution in [3.8, 4) is 0 Å². The number of hydrogen-bond acceptors (Lipinski definition) is 4. The standard InChI is InChI=1S/C5H11NO2S/c1-6-2-4(7)5(8)3-9/h5-6,8-9H,2-3H2,1H3. The van der Waals surface area contributed by atoms with Crippen molar-refractivity contribution < 1.29 is 9.90 Å². The van der Waals surface area contributed by atoms with Crippen LogP contribution in [0.15, 0.2) is 0 Å². The SMILES string of the molecule is CNCC(=O)C(O)CS. The summed E-state index contributed by atoms with van der Waals surface area (Å²) in [7, 11) is 1.66. The highest BCUT2D eigenvalue weighted by atomic mass is 32.1. The summed E-state index contributed by atoms with van der Waals surface area (Å²) in [6.07, 6.45) is -0.916. The average Bonchev–Trinajstić information content (AvgIpc) is 1.87. The lowest BCUT2D eigenvalue weighted by molar-refractivity contribution is -0.125. The second kappa shape index (κ2) is 4.78. The number of Topliss-reactive ketones (excluding diaryl/α,β-unsaturated/α-hetero) is 1. The largest absolute Gasteiger partial charge is 0.384 e. The topological polar surface area (TPSA) is 49.3 Å². The van der Waals surface area contributed by atoms with Gasteiger partial charge in [0.2, 0.25) is 0 Å². The Morgan fingerprint density at radius 3 is 2.78 bits per heavy atom. The molecule has 0 spiro atoms. The number of aliphatic hydroxyl groups excluding tert-OH is 1. The maximum atomic E-state index is 10.6. The van der Waals surface area contributed by atoms with Crippen molar-refractivity contribution in [3.05, 3.63) is 0 Å². The molecule has 0 aromatic rings. The lowest BCUT2D eigenvalue weighted by Crippen LogP contribution is -2.30. The molecular weight excluding hydrogens is 138 g/mol. The summed E-state index contributed by atoms with van der Waals surface area (Å²) < 4.78 is 0. The Kier molecular flexibility index (Phi) is 4.75. The molecule has 2 N–H and O–H groups in total. The molecule has 1 unspecified atom stereocenters. The molecule has 0 fully saturated rings. The number of carbonyl (C=O) groups excluding carboxylic acids is 1. The molecule has 0 amide bonds. The Bertz CT molecular complexity index is 97.0. The lowest BCUT2D eigenvalue weighted by Gasteiger charge is -2.03. The van der Waals surface area contributed by atoms with Gasteiger partial charge in [-0.2, -0.15) is 12.6 Å². The third-order valence-electron chi connectivity index (χ3n) is 0.896. The highest BCUT2D eigenvalue weighted by molar-refractivity contribution is 7.80. The quantitative estimate of drug-likeness (QED) is 0.452. The Morgan fingerprint density at radius 2 is 2.44 bits per heavy atom. The van der Waals surface area contributed by atoms with Gasteiger partial charge in [-0.3, -0.25) is 4.79 Å². The zero-order valence-electron chi connectivity index (χ0n) is 5.29. The van der Waals surface area contributed by atoms with Gasteiger partial charge in [0.15, 0.2) is 5.78 Å². The number of rotatable bonds is 4. The van der Waals surface area contributed by atoms with Crippen molar-refractivity contribution in [2.24, 2.45) is 0 Å². The molecule has 4 heteroatoms. The fraction of sp³-hybridized carbons (Fsp3) is 0.800. The number of hydrogen-bond donors (Lipinski definition) is 3. The van der Waals surface area contributed by atoms with Gasteiger partial charge >= 0.3 is 0 Å². The molecule has 54 valence electrons. The van der Waals surface area contributed by atoms with Crippen LogP contribution in [0.1, 0.15) is 0 Å². The Morgan fingerprint density at radius 1 is 1.89 bits per heavy atom. The van der Waals surface area contributed by atoms with E-state index in [-0.39, 0.29) is 18.1 Å². The van der Waals surface area contributed by atoms with E-state index in [1.54, 1.807) is 7.05 Å². The van der Waals surface area contributed by atoms with Gasteiger partial charge in [0.1, 0.15) is 6.10 Å². The number of thiol groups is 1. The summed E-state index contributed by atoms with van der Waals surface area (Å²) in [6.45, 7) is 0.210. The van der Waals surface area contributed by atoms with Crippen LogP contribution in [0.2, 0.25) is 0 Å². The summed E-state index contributed by atoms with van der Waals surface area (Å²) in [6, 6.07) is 0. The van der Waals surface area contributed by atoms with Crippen LogP contribution in [-0.2, 0) is 4.79 Å². The van der Waals surface area contributed by atoms with Crippen LogP contribution >= 0.6 is 12.6 Å². The van der Waals surface area contributed by atoms with E-state index >= 15 is 0 Å². The number of likely N-dealkylation sites (N-methyl/N-ethyl adjacent to an activating group) is 1. The zero-order valence-corrected chi connectivity index (χ0v) is 6.19. The minimum atomic E-state index is -0.916. The third kappa shape index (κ3) is 3.51. The van der Waals surface area contributed by atoms with E-state index in [1.165, 1.54) is 0 Å². The highest BCUT2D eigenvalue weighted by Crippen LogP contribution is 1.86. The summed E-state index contributed by atoms with van der Waals surface area (Å²) >= 11 is 3.75. The van der Waals surface area contributed by atoms with E-state index in [9.17, 15) is 4.79 Å². The first-order valence-corrected chi connectivity index (χ1v) is 3.32. The summed E-state index contributed by atoms with van der Waals surface area (Å²) in [5, 5.41) is 11.4. The number of nitrogens with one attached hydrogen (secondary N) is 1. The van der Waals surface area contributed by atoms with Crippen LogP contribution < -0.4 is 5.32 Å². The van der Waals surface area contributed by atoms with Gasteiger partial charge in [0, 0.05) is 5.75 Å². The first-order chi connectivity index (χ1) is 4.22. The zero-order chi connectivity index (χ0) is 7.28. The van der Waals surface area contributed by atoms with Crippen LogP contribution in [0.3, 0.4) is 0 Å². The van der Waals surface area contributed by atoms with Crippen LogP contribution in [0.4, 0.5) is 0 Å². The third-order valence-corrected chi connectivity index (χ3v) is 1.24. The van der Waals surface area contributed by atoms with Crippen molar-refractivity contribution >= 4 is 18.4 Å². The van der Waals surface area contributed by atoms with Crippen molar-refractivity contribution in [1.29, 1.82) is 0 Å². The maximum absolute atomic E-state index is 10.6.